The van der Waals surface area contributed by atoms with Gasteiger partial charge in [0.25, 0.3) is 0 Å². The van der Waals surface area contributed by atoms with Crippen molar-refractivity contribution in [1.82, 2.24) is 19.9 Å². The number of aromatic nitrogens is 4. The molecule has 2 aromatic heterocycles. The number of amides is 1. The summed E-state index contributed by atoms with van der Waals surface area (Å²) in [4.78, 5) is 12.2. The van der Waals surface area contributed by atoms with Crippen LogP contribution in [0.3, 0.4) is 0 Å². The smallest absolute Gasteiger partial charge is 0.226 e. The Labute approximate surface area is 184 Å². The van der Waals surface area contributed by atoms with Gasteiger partial charge in [0.05, 0.1) is 5.69 Å². The molecule has 4 aromatic rings. The molecule has 158 valence electrons. The van der Waals surface area contributed by atoms with Crippen molar-refractivity contribution in [2.75, 3.05) is 11.1 Å². The molecule has 0 atom stereocenters. The Morgan fingerprint density at radius 1 is 1.03 bits per heavy atom. The van der Waals surface area contributed by atoms with Gasteiger partial charge in [0.15, 0.2) is 16.8 Å². The van der Waals surface area contributed by atoms with E-state index in [4.69, 9.17) is 4.52 Å². The molecule has 0 saturated carbocycles. The van der Waals surface area contributed by atoms with Crippen molar-refractivity contribution in [1.29, 1.82) is 0 Å². The highest BCUT2D eigenvalue weighted by atomic mass is 32.2. The molecule has 7 nitrogen and oxygen atoms in total. The average molecular weight is 434 g/mol. The maximum Gasteiger partial charge on any atom is 0.226 e. The van der Waals surface area contributed by atoms with Gasteiger partial charge in [-0.15, -0.1) is 10.2 Å². The van der Waals surface area contributed by atoms with E-state index in [1.165, 1.54) is 22.9 Å². The van der Waals surface area contributed by atoms with Crippen molar-refractivity contribution in [3.05, 3.63) is 71.5 Å². The van der Waals surface area contributed by atoms with E-state index in [2.05, 4.69) is 52.7 Å². The summed E-state index contributed by atoms with van der Waals surface area (Å²) in [5.74, 6) is 2.28. The summed E-state index contributed by atoms with van der Waals surface area (Å²) in [5, 5.41) is 16.1. The Morgan fingerprint density at radius 2 is 1.84 bits per heavy atom. The molecular formula is C23H23N5O2S. The fourth-order valence-electron chi connectivity index (χ4n) is 3.10. The largest absolute Gasteiger partial charge is 0.360 e. The molecular weight excluding hydrogens is 410 g/mol. The highest BCUT2D eigenvalue weighted by Crippen LogP contribution is 2.29. The predicted molar refractivity (Wildman–Crippen MR) is 121 cm³/mol. The molecule has 1 N–H and O–H groups in total. The van der Waals surface area contributed by atoms with Gasteiger partial charge in [0, 0.05) is 23.8 Å². The first-order valence-corrected chi connectivity index (χ1v) is 10.9. The van der Waals surface area contributed by atoms with Crippen LogP contribution < -0.4 is 5.32 Å². The van der Waals surface area contributed by atoms with Gasteiger partial charge >= 0.3 is 0 Å². The molecule has 1 amide bonds. The summed E-state index contributed by atoms with van der Waals surface area (Å²) in [5.41, 5.74) is 4.41. The maximum atomic E-state index is 12.2. The van der Waals surface area contributed by atoms with Crippen LogP contribution in [0.15, 0.2) is 64.3 Å². The van der Waals surface area contributed by atoms with Crippen LogP contribution in [0.5, 0.6) is 0 Å². The number of carbonyl (C=O) groups is 1. The zero-order chi connectivity index (χ0) is 21.8. The van der Waals surface area contributed by atoms with Crippen LogP contribution in [0.25, 0.3) is 17.1 Å². The van der Waals surface area contributed by atoms with E-state index >= 15 is 0 Å². The standard InChI is InChI=1S/C23H23N5O2S/c1-15-9-10-19(13-16(15)2)28-22(18-7-5-4-6-8-18)25-26-23(28)31-12-11-21(29)24-20-14-17(3)30-27-20/h4-10,13-14H,11-12H2,1-3H3,(H,24,27,29). The maximum absolute atomic E-state index is 12.2. The molecule has 0 aliphatic heterocycles. The fraction of sp³-hybridized carbons (Fsp3) is 0.217. The molecule has 2 heterocycles. The average Bonchev–Trinajstić information content (AvgIpc) is 3.37. The van der Waals surface area contributed by atoms with Crippen molar-refractivity contribution < 1.29 is 9.32 Å². The second-order valence-corrected chi connectivity index (χ2v) is 8.31. The molecule has 0 unspecified atom stereocenters. The Kier molecular flexibility index (Phi) is 6.18. The zero-order valence-corrected chi connectivity index (χ0v) is 18.4. The van der Waals surface area contributed by atoms with Crippen molar-refractivity contribution in [3.63, 3.8) is 0 Å². The minimum Gasteiger partial charge on any atom is -0.360 e. The van der Waals surface area contributed by atoms with Gasteiger partial charge in [-0.2, -0.15) is 0 Å². The van der Waals surface area contributed by atoms with Crippen molar-refractivity contribution >= 4 is 23.5 Å². The van der Waals surface area contributed by atoms with Gasteiger partial charge in [0.1, 0.15) is 5.76 Å². The molecule has 0 aliphatic carbocycles. The highest BCUT2D eigenvalue weighted by molar-refractivity contribution is 7.99. The molecule has 0 spiro atoms. The Balaban J connectivity index is 1.55. The lowest BCUT2D eigenvalue weighted by Gasteiger charge is -2.12. The van der Waals surface area contributed by atoms with Gasteiger partial charge in [-0.05, 0) is 44.0 Å². The Morgan fingerprint density at radius 3 is 2.55 bits per heavy atom. The van der Waals surface area contributed by atoms with Gasteiger partial charge in [-0.25, -0.2) is 0 Å². The van der Waals surface area contributed by atoms with Gasteiger partial charge in [-0.3, -0.25) is 9.36 Å². The number of thioether (sulfide) groups is 1. The van der Waals surface area contributed by atoms with Crippen LogP contribution in [-0.4, -0.2) is 31.6 Å². The van der Waals surface area contributed by atoms with Crippen LogP contribution >= 0.6 is 11.8 Å². The molecule has 31 heavy (non-hydrogen) atoms. The molecule has 0 aliphatic rings. The quantitative estimate of drug-likeness (QED) is 0.414. The van der Waals surface area contributed by atoms with E-state index in [1.807, 2.05) is 34.9 Å². The number of hydrogen-bond acceptors (Lipinski definition) is 6. The number of benzene rings is 2. The summed E-state index contributed by atoms with van der Waals surface area (Å²) >= 11 is 1.50. The molecule has 0 fully saturated rings. The van der Waals surface area contributed by atoms with Crippen LogP contribution in [0.1, 0.15) is 23.3 Å². The van der Waals surface area contributed by atoms with Crippen LogP contribution in [-0.2, 0) is 4.79 Å². The molecule has 0 saturated heterocycles. The second-order valence-electron chi connectivity index (χ2n) is 7.25. The number of nitrogens with zero attached hydrogens (tertiary/aromatic N) is 4. The Hall–Kier alpha value is -3.39. The first-order chi connectivity index (χ1) is 15.0. The minimum atomic E-state index is -0.124. The van der Waals surface area contributed by atoms with Crippen LogP contribution in [0.2, 0.25) is 0 Å². The van der Waals surface area contributed by atoms with Crippen LogP contribution in [0.4, 0.5) is 5.82 Å². The van der Waals surface area contributed by atoms with E-state index in [1.54, 1.807) is 13.0 Å². The molecule has 4 rings (SSSR count). The summed E-state index contributed by atoms with van der Waals surface area (Å²) < 4.78 is 7.02. The van der Waals surface area contributed by atoms with E-state index < -0.39 is 0 Å². The van der Waals surface area contributed by atoms with Gasteiger partial charge in [0.2, 0.25) is 5.91 Å². The third kappa shape index (κ3) is 4.86. The SMILES string of the molecule is Cc1cc(NC(=O)CCSc2nnc(-c3ccccc3)n2-c2ccc(C)c(C)c2)no1. The third-order valence-corrected chi connectivity index (χ3v) is 5.80. The number of anilines is 1. The fourth-order valence-corrected chi connectivity index (χ4v) is 3.99. The first-order valence-electron chi connectivity index (χ1n) is 9.95. The highest BCUT2D eigenvalue weighted by Gasteiger charge is 2.17. The number of aryl methyl sites for hydroxylation is 3. The molecule has 0 bridgehead atoms. The van der Waals surface area contributed by atoms with E-state index in [0.29, 0.717) is 23.8 Å². The summed E-state index contributed by atoms with van der Waals surface area (Å²) in [6.07, 6.45) is 0.316. The van der Waals surface area contributed by atoms with Crippen molar-refractivity contribution in [3.8, 4) is 17.1 Å². The van der Waals surface area contributed by atoms with Crippen molar-refractivity contribution in [2.24, 2.45) is 0 Å². The predicted octanol–water partition coefficient (Wildman–Crippen LogP) is 4.97. The van der Waals surface area contributed by atoms with Crippen molar-refractivity contribution in [2.45, 2.75) is 32.3 Å². The van der Waals surface area contributed by atoms with Gasteiger partial charge < -0.3 is 9.84 Å². The summed E-state index contributed by atoms with van der Waals surface area (Å²) in [6.45, 7) is 5.96. The van der Waals surface area contributed by atoms with E-state index in [0.717, 1.165) is 22.2 Å². The zero-order valence-electron chi connectivity index (χ0n) is 17.6. The second kappa shape index (κ2) is 9.18. The number of hydrogen-bond donors (Lipinski definition) is 1. The number of carbonyl (C=O) groups excluding carboxylic acids is 1. The normalized spacial score (nSPS) is 10.9. The lowest BCUT2D eigenvalue weighted by molar-refractivity contribution is -0.115. The lowest BCUT2D eigenvalue weighted by Crippen LogP contribution is -2.12. The van der Waals surface area contributed by atoms with E-state index in [9.17, 15) is 4.79 Å². The minimum absolute atomic E-state index is 0.124. The molecule has 0 radical (unpaired) electrons. The topological polar surface area (TPSA) is 85.8 Å². The van der Waals surface area contributed by atoms with Crippen LogP contribution in [0, 0.1) is 20.8 Å². The summed E-state index contributed by atoms with van der Waals surface area (Å²) in [6, 6.07) is 18.0. The lowest BCUT2D eigenvalue weighted by atomic mass is 10.1. The molecule has 2 aromatic carbocycles. The molecule has 8 heteroatoms. The van der Waals surface area contributed by atoms with E-state index in [-0.39, 0.29) is 5.91 Å². The first kappa shape index (κ1) is 20.9. The third-order valence-electron chi connectivity index (χ3n) is 4.87. The van der Waals surface area contributed by atoms with Gasteiger partial charge in [-0.1, -0.05) is 53.3 Å². The number of rotatable bonds is 7. The monoisotopic (exact) mass is 433 g/mol. The Bertz CT molecular complexity index is 1200. The summed E-state index contributed by atoms with van der Waals surface area (Å²) in [7, 11) is 0. The number of nitrogens with one attached hydrogen (secondary N) is 1.